The van der Waals surface area contributed by atoms with Crippen molar-refractivity contribution in [3.05, 3.63) is 42.0 Å². The second-order valence-corrected chi connectivity index (χ2v) is 5.58. The number of rotatable bonds is 5. The van der Waals surface area contributed by atoms with Gasteiger partial charge in [-0.25, -0.2) is 0 Å². The molecule has 1 atom stereocenters. The Morgan fingerprint density at radius 1 is 1.11 bits per heavy atom. The van der Waals surface area contributed by atoms with E-state index in [1.54, 1.807) is 0 Å². The van der Waals surface area contributed by atoms with Crippen molar-refractivity contribution in [2.45, 2.75) is 32.7 Å². The van der Waals surface area contributed by atoms with E-state index in [9.17, 15) is 0 Å². The second-order valence-electron chi connectivity index (χ2n) is 5.58. The fourth-order valence-corrected chi connectivity index (χ4v) is 2.37. The maximum Gasteiger partial charge on any atom is 0.0370 e. The van der Waals surface area contributed by atoms with Crippen LogP contribution in [0.1, 0.15) is 25.3 Å². The lowest BCUT2D eigenvalue weighted by Crippen LogP contribution is -2.21. The van der Waals surface area contributed by atoms with Gasteiger partial charge in [0.05, 0.1) is 0 Å². The second kappa shape index (κ2) is 6.07. The molecule has 2 rings (SSSR count). The van der Waals surface area contributed by atoms with Gasteiger partial charge in [0.15, 0.2) is 0 Å². The molecule has 0 heterocycles. The van der Waals surface area contributed by atoms with Crippen LogP contribution in [0.5, 0.6) is 0 Å². The van der Waals surface area contributed by atoms with Gasteiger partial charge in [-0.3, -0.25) is 0 Å². The number of hydrogen-bond donors (Lipinski definition) is 1. The number of nitrogens with two attached hydrogens (primary N) is 1. The molecule has 0 saturated carbocycles. The lowest BCUT2D eigenvalue weighted by Gasteiger charge is -2.20. The standard InChI is InChI=1S/C17H24N2/c1-13-6-7-16-12-17(9-8-15(16)11-13)19(3)10-4-5-14(2)18/h6-9,11-12,14H,4-5,10,18H2,1-3H3. The SMILES string of the molecule is Cc1ccc2cc(N(C)CCCC(C)N)ccc2c1. The zero-order valence-electron chi connectivity index (χ0n) is 12.2. The molecule has 19 heavy (non-hydrogen) atoms. The number of fused-ring (bicyclic) bond motifs is 1. The van der Waals surface area contributed by atoms with E-state index in [1.807, 2.05) is 0 Å². The van der Waals surface area contributed by atoms with E-state index in [0.29, 0.717) is 6.04 Å². The minimum absolute atomic E-state index is 0.299. The number of aryl methyl sites for hydroxylation is 1. The average molecular weight is 256 g/mol. The molecule has 0 radical (unpaired) electrons. The third-order valence-electron chi connectivity index (χ3n) is 3.57. The maximum absolute atomic E-state index is 5.79. The van der Waals surface area contributed by atoms with Crippen molar-refractivity contribution in [2.24, 2.45) is 5.73 Å². The lowest BCUT2D eigenvalue weighted by atomic mass is 10.1. The van der Waals surface area contributed by atoms with Gasteiger partial charge in [-0.2, -0.15) is 0 Å². The molecule has 1 unspecified atom stereocenters. The van der Waals surface area contributed by atoms with Crippen molar-refractivity contribution in [3.63, 3.8) is 0 Å². The summed E-state index contributed by atoms with van der Waals surface area (Å²) in [5, 5.41) is 2.62. The normalized spacial score (nSPS) is 12.6. The van der Waals surface area contributed by atoms with Gasteiger partial charge in [-0.15, -0.1) is 0 Å². The molecular weight excluding hydrogens is 232 g/mol. The summed E-state index contributed by atoms with van der Waals surface area (Å²) < 4.78 is 0. The van der Waals surface area contributed by atoms with Crippen LogP contribution in [0, 0.1) is 6.92 Å². The Kier molecular flexibility index (Phi) is 4.43. The first kappa shape index (κ1) is 13.9. The summed E-state index contributed by atoms with van der Waals surface area (Å²) in [6, 6.07) is 13.6. The quantitative estimate of drug-likeness (QED) is 0.883. The van der Waals surface area contributed by atoms with E-state index in [0.717, 1.165) is 19.4 Å². The fraction of sp³-hybridized carbons (Fsp3) is 0.412. The zero-order valence-corrected chi connectivity index (χ0v) is 12.2. The van der Waals surface area contributed by atoms with E-state index in [2.05, 4.69) is 62.2 Å². The molecular formula is C17H24N2. The average Bonchev–Trinajstić information content (AvgIpc) is 2.37. The first-order valence-corrected chi connectivity index (χ1v) is 7.03. The molecule has 0 aliphatic rings. The highest BCUT2D eigenvalue weighted by atomic mass is 15.1. The topological polar surface area (TPSA) is 29.3 Å². The number of nitrogens with zero attached hydrogens (tertiary/aromatic N) is 1. The van der Waals surface area contributed by atoms with Gasteiger partial charge in [-0.1, -0.05) is 29.8 Å². The van der Waals surface area contributed by atoms with Crippen molar-refractivity contribution in [3.8, 4) is 0 Å². The first-order valence-electron chi connectivity index (χ1n) is 7.03. The van der Waals surface area contributed by atoms with Crippen LogP contribution in [0.4, 0.5) is 5.69 Å². The molecule has 2 aromatic rings. The highest BCUT2D eigenvalue weighted by Gasteiger charge is 2.03. The molecule has 2 aromatic carbocycles. The van der Waals surface area contributed by atoms with Crippen molar-refractivity contribution < 1.29 is 0 Å². The van der Waals surface area contributed by atoms with Gasteiger partial charge in [0.1, 0.15) is 0 Å². The molecule has 0 amide bonds. The minimum atomic E-state index is 0.299. The van der Waals surface area contributed by atoms with Crippen molar-refractivity contribution in [1.82, 2.24) is 0 Å². The molecule has 0 saturated heterocycles. The molecule has 0 fully saturated rings. The minimum Gasteiger partial charge on any atom is -0.375 e. The summed E-state index contributed by atoms with van der Waals surface area (Å²) in [6.45, 7) is 5.25. The lowest BCUT2D eigenvalue weighted by molar-refractivity contribution is 0.622. The predicted molar refractivity (Wildman–Crippen MR) is 84.8 cm³/mol. The van der Waals surface area contributed by atoms with Crippen LogP contribution in [-0.2, 0) is 0 Å². The molecule has 2 nitrogen and oxygen atoms in total. The summed E-state index contributed by atoms with van der Waals surface area (Å²) in [6.07, 6.45) is 2.22. The van der Waals surface area contributed by atoms with E-state index < -0.39 is 0 Å². The highest BCUT2D eigenvalue weighted by Crippen LogP contribution is 2.22. The van der Waals surface area contributed by atoms with Crippen molar-refractivity contribution >= 4 is 16.5 Å². The molecule has 2 N–H and O–H groups in total. The van der Waals surface area contributed by atoms with Crippen LogP contribution in [-0.4, -0.2) is 19.6 Å². The van der Waals surface area contributed by atoms with Crippen LogP contribution in [0.25, 0.3) is 10.8 Å². The van der Waals surface area contributed by atoms with Crippen molar-refractivity contribution in [1.29, 1.82) is 0 Å². The molecule has 0 aliphatic heterocycles. The largest absolute Gasteiger partial charge is 0.375 e. The molecule has 0 bridgehead atoms. The number of hydrogen-bond acceptors (Lipinski definition) is 2. The fourth-order valence-electron chi connectivity index (χ4n) is 2.37. The third kappa shape index (κ3) is 3.71. The molecule has 2 heteroatoms. The Morgan fingerprint density at radius 3 is 2.53 bits per heavy atom. The van der Waals surface area contributed by atoms with Crippen LogP contribution in [0.3, 0.4) is 0 Å². The summed E-state index contributed by atoms with van der Waals surface area (Å²) in [4.78, 5) is 2.31. The van der Waals surface area contributed by atoms with Gasteiger partial charge < -0.3 is 10.6 Å². The van der Waals surface area contributed by atoms with Crippen molar-refractivity contribution in [2.75, 3.05) is 18.5 Å². The Hall–Kier alpha value is -1.54. The van der Waals surface area contributed by atoms with E-state index in [-0.39, 0.29) is 0 Å². The van der Waals surface area contributed by atoms with Gasteiger partial charge in [0, 0.05) is 25.3 Å². The smallest absolute Gasteiger partial charge is 0.0370 e. The first-order chi connectivity index (χ1) is 9.06. The Balaban J connectivity index is 2.09. The van der Waals surface area contributed by atoms with Crippen LogP contribution in [0.2, 0.25) is 0 Å². The van der Waals surface area contributed by atoms with Gasteiger partial charge in [0.25, 0.3) is 0 Å². The molecule has 0 spiro atoms. The predicted octanol–water partition coefficient (Wildman–Crippen LogP) is 3.71. The van der Waals surface area contributed by atoms with Gasteiger partial charge in [0.2, 0.25) is 0 Å². The van der Waals surface area contributed by atoms with E-state index in [4.69, 9.17) is 5.73 Å². The van der Waals surface area contributed by atoms with E-state index in [1.165, 1.54) is 22.0 Å². The molecule has 0 aliphatic carbocycles. The number of anilines is 1. The Morgan fingerprint density at radius 2 is 1.79 bits per heavy atom. The zero-order chi connectivity index (χ0) is 13.8. The Labute approximate surface area is 116 Å². The third-order valence-corrected chi connectivity index (χ3v) is 3.57. The van der Waals surface area contributed by atoms with Crippen LogP contribution < -0.4 is 10.6 Å². The highest BCUT2D eigenvalue weighted by molar-refractivity contribution is 5.86. The summed E-state index contributed by atoms with van der Waals surface area (Å²) in [5.74, 6) is 0. The summed E-state index contributed by atoms with van der Waals surface area (Å²) in [5.41, 5.74) is 8.38. The molecule has 102 valence electrons. The van der Waals surface area contributed by atoms with Crippen LogP contribution in [0.15, 0.2) is 36.4 Å². The molecule has 0 aromatic heterocycles. The van der Waals surface area contributed by atoms with Gasteiger partial charge >= 0.3 is 0 Å². The Bertz CT molecular complexity index is 546. The summed E-state index contributed by atoms with van der Waals surface area (Å²) >= 11 is 0. The van der Waals surface area contributed by atoms with E-state index >= 15 is 0 Å². The number of benzene rings is 2. The van der Waals surface area contributed by atoms with Gasteiger partial charge in [-0.05, 0) is 49.6 Å². The monoisotopic (exact) mass is 256 g/mol. The maximum atomic E-state index is 5.79. The summed E-state index contributed by atoms with van der Waals surface area (Å²) in [7, 11) is 2.15. The van der Waals surface area contributed by atoms with Crippen LogP contribution >= 0.6 is 0 Å².